The first-order valence-electron chi connectivity index (χ1n) is 7.72. The van der Waals surface area contributed by atoms with E-state index in [1.165, 1.54) is 4.88 Å². The molecule has 0 radical (unpaired) electrons. The lowest BCUT2D eigenvalue weighted by atomic mass is 10.2. The number of nitrogens with zero attached hydrogens (tertiary/aromatic N) is 4. The third kappa shape index (κ3) is 3.36. The second-order valence-corrected chi connectivity index (χ2v) is 6.56. The molecular weight excluding hydrogens is 298 g/mol. The molecule has 7 heteroatoms. The molecule has 1 fully saturated rings. The van der Waals surface area contributed by atoms with E-state index in [2.05, 4.69) is 28.6 Å². The molecule has 22 heavy (non-hydrogen) atoms. The number of thiophene rings is 1. The van der Waals surface area contributed by atoms with Crippen LogP contribution in [0.15, 0.2) is 23.7 Å². The summed E-state index contributed by atoms with van der Waals surface area (Å²) < 4.78 is 1.73. The Labute approximate surface area is 134 Å². The first-order valence-corrected chi connectivity index (χ1v) is 8.60. The van der Waals surface area contributed by atoms with Crippen LogP contribution < -0.4 is 5.32 Å². The molecular formula is C15H21N5OS. The number of carbonyl (C=O) groups is 1. The number of rotatable bonds is 6. The molecule has 1 atom stereocenters. The smallest absolute Gasteiger partial charge is 0.276 e. The minimum Gasteiger partial charge on any atom is -0.333 e. The quantitative estimate of drug-likeness (QED) is 0.878. The van der Waals surface area contributed by atoms with Crippen LogP contribution in [0.2, 0.25) is 0 Å². The van der Waals surface area contributed by atoms with Crippen LogP contribution in [0.5, 0.6) is 0 Å². The predicted octanol–water partition coefficient (Wildman–Crippen LogP) is 1.60. The fourth-order valence-electron chi connectivity index (χ4n) is 2.78. The van der Waals surface area contributed by atoms with Gasteiger partial charge in [0, 0.05) is 24.0 Å². The molecule has 2 aromatic heterocycles. The van der Waals surface area contributed by atoms with Crippen molar-refractivity contribution in [3.05, 3.63) is 34.3 Å². The van der Waals surface area contributed by atoms with E-state index in [1.807, 2.05) is 16.3 Å². The summed E-state index contributed by atoms with van der Waals surface area (Å²) in [6.45, 7) is 5.37. The summed E-state index contributed by atoms with van der Waals surface area (Å²) >= 11 is 1.68. The zero-order valence-corrected chi connectivity index (χ0v) is 13.6. The van der Waals surface area contributed by atoms with Gasteiger partial charge in [-0.3, -0.25) is 4.79 Å². The monoisotopic (exact) mass is 319 g/mol. The van der Waals surface area contributed by atoms with Crippen molar-refractivity contribution in [1.29, 1.82) is 0 Å². The number of nitrogens with one attached hydrogen (secondary N) is 1. The molecule has 1 amide bonds. The summed E-state index contributed by atoms with van der Waals surface area (Å²) in [6, 6.07) is 4.34. The van der Waals surface area contributed by atoms with Gasteiger partial charge in [0.25, 0.3) is 5.91 Å². The van der Waals surface area contributed by atoms with Crippen LogP contribution >= 0.6 is 11.3 Å². The topological polar surface area (TPSA) is 63.1 Å². The van der Waals surface area contributed by atoms with Crippen LogP contribution in [0, 0.1) is 0 Å². The molecule has 1 aliphatic rings. The highest BCUT2D eigenvalue weighted by atomic mass is 32.1. The molecule has 3 rings (SSSR count). The van der Waals surface area contributed by atoms with E-state index in [4.69, 9.17) is 0 Å². The van der Waals surface area contributed by atoms with Gasteiger partial charge in [0.2, 0.25) is 0 Å². The van der Waals surface area contributed by atoms with E-state index in [-0.39, 0.29) is 11.9 Å². The molecule has 1 saturated heterocycles. The van der Waals surface area contributed by atoms with Gasteiger partial charge in [-0.1, -0.05) is 18.2 Å². The second-order valence-electron chi connectivity index (χ2n) is 5.53. The van der Waals surface area contributed by atoms with Gasteiger partial charge in [0.1, 0.15) is 0 Å². The molecule has 1 N–H and O–H groups in total. The van der Waals surface area contributed by atoms with E-state index in [1.54, 1.807) is 22.2 Å². The molecule has 0 spiro atoms. The van der Waals surface area contributed by atoms with Crippen molar-refractivity contribution in [1.82, 2.24) is 25.2 Å². The molecule has 0 aliphatic carbocycles. The Bertz CT molecular complexity index is 603. The van der Waals surface area contributed by atoms with E-state index < -0.39 is 0 Å². The van der Waals surface area contributed by atoms with Crippen molar-refractivity contribution >= 4 is 17.2 Å². The van der Waals surface area contributed by atoms with Gasteiger partial charge in [-0.2, -0.15) is 0 Å². The van der Waals surface area contributed by atoms with Gasteiger partial charge < -0.3 is 10.2 Å². The number of hydrogen-bond donors (Lipinski definition) is 1. The molecule has 0 saturated carbocycles. The van der Waals surface area contributed by atoms with Gasteiger partial charge in [-0.25, -0.2) is 4.68 Å². The molecule has 2 aromatic rings. The Hall–Kier alpha value is -1.73. The molecule has 1 unspecified atom stereocenters. The van der Waals surface area contributed by atoms with E-state index in [0.29, 0.717) is 12.2 Å². The molecule has 118 valence electrons. The van der Waals surface area contributed by atoms with Crippen LogP contribution in [0.3, 0.4) is 0 Å². The van der Waals surface area contributed by atoms with Crippen molar-refractivity contribution < 1.29 is 4.79 Å². The lowest BCUT2D eigenvalue weighted by Gasteiger charge is -2.27. The minimum absolute atomic E-state index is 0.00650. The molecule has 3 heterocycles. The van der Waals surface area contributed by atoms with E-state index in [0.717, 1.165) is 32.5 Å². The Kier molecular flexibility index (Phi) is 4.84. The molecule has 1 aliphatic heterocycles. The maximum atomic E-state index is 12.7. The predicted molar refractivity (Wildman–Crippen MR) is 86.0 cm³/mol. The van der Waals surface area contributed by atoms with E-state index in [9.17, 15) is 4.79 Å². The maximum absolute atomic E-state index is 12.7. The maximum Gasteiger partial charge on any atom is 0.276 e. The Morgan fingerprint density at radius 3 is 3.18 bits per heavy atom. The average Bonchev–Trinajstić information content (AvgIpc) is 3.26. The summed E-state index contributed by atoms with van der Waals surface area (Å²) in [7, 11) is 0. The van der Waals surface area contributed by atoms with E-state index >= 15 is 0 Å². The van der Waals surface area contributed by atoms with Gasteiger partial charge >= 0.3 is 0 Å². The summed E-state index contributed by atoms with van der Waals surface area (Å²) in [6.07, 6.45) is 3.72. The zero-order valence-electron chi connectivity index (χ0n) is 12.7. The normalized spacial score (nSPS) is 17.8. The fourth-order valence-corrected chi connectivity index (χ4v) is 3.48. The number of carbonyl (C=O) groups excluding carboxylic acids is 1. The largest absolute Gasteiger partial charge is 0.333 e. The first kappa shape index (κ1) is 15.2. The van der Waals surface area contributed by atoms with Gasteiger partial charge in [-0.15, -0.1) is 16.4 Å². The molecule has 0 aromatic carbocycles. The first-order chi connectivity index (χ1) is 10.8. The van der Waals surface area contributed by atoms with Crippen LogP contribution in [0.1, 0.15) is 35.1 Å². The lowest BCUT2D eigenvalue weighted by Crippen LogP contribution is -2.42. The Balaban J connectivity index is 1.71. The highest BCUT2D eigenvalue weighted by molar-refractivity contribution is 7.09. The van der Waals surface area contributed by atoms with Gasteiger partial charge in [-0.05, 0) is 30.8 Å². The zero-order chi connectivity index (χ0) is 15.4. The summed E-state index contributed by atoms with van der Waals surface area (Å²) in [5.41, 5.74) is 0.442. The van der Waals surface area contributed by atoms with Crippen LogP contribution in [0.25, 0.3) is 0 Å². The number of amides is 1. The molecule has 6 nitrogen and oxygen atoms in total. The Morgan fingerprint density at radius 2 is 2.50 bits per heavy atom. The summed E-state index contributed by atoms with van der Waals surface area (Å²) in [5.74, 6) is -0.00650. The van der Waals surface area contributed by atoms with Crippen LogP contribution in [0.4, 0.5) is 0 Å². The highest BCUT2D eigenvalue weighted by Gasteiger charge is 2.28. The average molecular weight is 319 g/mol. The number of hydrogen-bond acceptors (Lipinski definition) is 5. The van der Waals surface area contributed by atoms with Crippen molar-refractivity contribution in [3.63, 3.8) is 0 Å². The van der Waals surface area contributed by atoms with Crippen molar-refractivity contribution in [2.45, 2.75) is 32.4 Å². The van der Waals surface area contributed by atoms with Crippen LogP contribution in [-0.4, -0.2) is 51.5 Å². The highest BCUT2D eigenvalue weighted by Crippen LogP contribution is 2.14. The molecule has 0 bridgehead atoms. The minimum atomic E-state index is -0.00650. The van der Waals surface area contributed by atoms with Crippen molar-refractivity contribution in [2.24, 2.45) is 0 Å². The van der Waals surface area contributed by atoms with Crippen molar-refractivity contribution in [3.8, 4) is 0 Å². The second kappa shape index (κ2) is 7.02. The van der Waals surface area contributed by atoms with Crippen molar-refractivity contribution in [2.75, 3.05) is 19.6 Å². The van der Waals surface area contributed by atoms with Gasteiger partial charge in [0.15, 0.2) is 5.69 Å². The number of aromatic nitrogens is 3. The lowest BCUT2D eigenvalue weighted by molar-refractivity contribution is 0.0686. The summed E-state index contributed by atoms with van der Waals surface area (Å²) in [4.78, 5) is 15.9. The third-order valence-corrected chi connectivity index (χ3v) is 4.72. The third-order valence-electron chi connectivity index (χ3n) is 3.86. The standard InChI is InChI=1S/C15H21N5OS/c1-2-7-20(12-5-6-16-9-12)15(21)14-11-19(18-17-14)10-13-4-3-8-22-13/h3-4,8,11-12,16H,2,5-7,9-10H2,1H3. The van der Waals surface area contributed by atoms with Crippen LogP contribution in [-0.2, 0) is 6.54 Å². The summed E-state index contributed by atoms with van der Waals surface area (Å²) in [5, 5.41) is 13.5. The SMILES string of the molecule is CCCN(C(=O)c1cn(Cc2cccs2)nn1)C1CCNC1. The van der Waals surface area contributed by atoms with Gasteiger partial charge in [0.05, 0.1) is 12.7 Å². The Morgan fingerprint density at radius 1 is 1.59 bits per heavy atom. The fraction of sp³-hybridized carbons (Fsp3) is 0.533.